The summed E-state index contributed by atoms with van der Waals surface area (Å²) in [4.78, 5) is 27.1. The van der Waals surface area contributed by atoms with E-state index < -0.39 is 26.3 Å². The molecule has 2 aliphatic rings. The quantitative estimate of drug-likeness (QED) is 0.0882. The summed E-state index contributed by atoms with van der Waals surface area (Å²) in [7, 11) is -3.93. The fourth-order valence-electron chi connectivity index (χ4n) is 6.30. The Kier molecular flexibility index (Phi) is 9.71. The van der Waals surface area contributed by atoms with E-state index in [1.54, 1.807) is 18.2 Å². The first-order valence-electron chi connectivity index (χ1n) is 15.8. The van der Waals surface area contributed by atoms with Crippen molar-refractivity contribution in [3.63, 3.8) is 0 Å². The van der Waals surface area contributed by atoms with Gasteiger partial charge in [0.15, 0.2) is 0 Å². The first-order chi connectivity index (χ1) is 23.3. The van der Waals surface area contributed by atoms with Gasteiger partial charge in [0.05, 0.1) is 21.1 Å². The number of anilines is 2. The summed E-state index contributed by atoms with van der Waals surface area (Å²) in [6, 6.07) is 24.1. The third-order valence-corrected chi connectivity index (χ3v) is 9.66. The Hall–Kier alpha value is -5.39. The average molecular weight is 678 g/mol. The normalized spacial score (nSPS) is 17.0. The van der Waals surface area contributed by atoms with Crippen LogP contribution >= 0.6 is 0 Å². The number of fused-ring (bicyclic) bond motifs is 3. The molecule has 0 aliphatic carbocycles. The maximum Gasteiger partial charge on any atom is 0.281 e. The Balaban J connectivity index is 0.00000230. The molecule has 2 aliphatic heterocycles. The molecule has 2 heterocycles. The second-order valence-electron chi connectivity index (χ2n) is 12.7. The van der Waals surface area contributed by atoms with Gasteiger partial charge in [0.25, 0.3) is 11.6 Å². The molecule has 0 fully saturated rings. The van der Waals surface area contributed by atoms with Crippen molar-refractivity contribution in [2.45, 2.75) is 44.4 Å². The lowest BCUT2D eigenvalue weighted by Gasteiger charge is -2.27. The van der Waals surface area contributed by atoms with Gasteiger partial charge in [0.1, 0.15) is 5.71 Å². The number of non-ortho nitro benzene ring substituents is 1. The number of hydrogen-bond donors (Lipinski definition) is 1. The maximum absolute atomic E-state index is 14.1. The first kappa shape index (κ1) is 34.9. The molecule has 0 unspecified atom stereocenters. The average Bonchev–Trinajstić information content (AvgIpc) is 3.52. The largest absolute Gasteiger partial charge is 0.344 e. The van der Waals surface area contributed by atoms with E-state index in [1.807, 2.05) is 12.1 Å². The fourth-order valence-corrected chi connectivity index (χ4v) is 6.81. The summed E-state index contributed by atoms with van der Waals surface area (Å²) >= 11 is 0. The number of carbonyl (C=O) groups excluding carboxylic acids is 1. The second-order valence-corrected chi connectivity index (χ2v) is 14.2. The lowest BCUT2D eigenvalue weighted by molar-refractivity contribution is -0.384. The van der Waals surface area contributed by atoms with Crippen LogP contribution in [0.25, 0.3) is 10.8 Å². The molecule has 0 atom stereocenters. The van der Waals surface area contributed by atoms with Crippen molar-refractivity contribution < 1.29 is 18.1 Å². The molecule has 0 radical (unpaired) electrons. The van der Waals surface area contributed by atoms with Crippen LogP contribution in [0.2, 0.25) is 0 Å². The van der Waals surface area contributed by atoms with Crippen LogP contribution in [-0.4, -0.2) is 31.5 Å². The van der Waals surface area contributed by atoms with Crippen LogP contribution in [0, 0.1) is 16.0 Å². The van der Waals surface area contributed by atoms with Crippen LogP contribution in [0.15, 0.2) is 132 Å². The van der Waals surface area contributed by atoms with E-state index >= 15 is 0 Å². The zero-order chi connectivity index (χ0) is 35.7. The monoisotopic (exact) mass is 677 g/mol. The molecule has 6 rings (SSSR count). The van der Waals surface area contributed by atoms with Gasteiger partial charge in [0, 0.05) is 41.0 Å². The summed E-state index contributed by atoms with van der Waals surface area (Å²) < 4.78 is 23.6. The van der Waals surface area contributed by atoms with Gasteiger partial charge in [-0.15, -0.1) is 13.2 Å². The van der Waals surface area contributed by atoms with Crippen LogP contribution < -0.4 is 15.0 Å². The molecule has 2 N–H and O–H groups in total. The summed E-state index contributed by atoms with van der Waals surface area (Å²) in [5.74, 6) is 0.0553. The molecule has 0 aromatic heterocycles. The van der Waals surface area contributed by atoms with Crippen molar-refractivity contribution >= 4 is 49.5 Å². The Bertz CT molecular complexity index is 2130. The summed E-state index contributed by atoms with van der Waals surface area (Å²) in [5, 5.41) is 24.8. The molecule has 11 heteroatoms. The van der Waals surface area contributed by atoms with Crippen LogP contribution in [-0.2, 0) is 20.2 Å². The minimum absolute atomic E-state index is 0.0831. The lowest BCUT2D eigenvalue weighted by Crippen LogP contribution is -2.28. The van der Waals surface area contributed by atoms with Crippen molar-refractivity contribution in [1.29, 1.82) is 0 Å². The van der Waals surface area contributed by atoms with Crippen molar-refractivity contribution in [2.75, 3.05) is 16.5 Å². The molecule has 1 amide bonds. The van der Waals surface area contributed by atoms with Crippen LogP contribution in [0.5, 0.6) is 0 Å². The number of nitrogens with zero attached hydrogens (tertiary/aromatic N) is 4. The number of hydrogen-bond acceptors (Lipinski definition) is 7. The van der Waals surface area contributed by atoms with E-state index in [1.165, 1.54) is 52.4 Å². The highest BCUT2D eigenvalue weighted by Gasteiger charge is 2.41. The molecule has 0 spiro atoms. The minimum atomic E-state index is -3.93. The van der Waals surface area contributed by atoms with Gasteiger partial charge >= 0.3 is 0 Å². The molecule has 49 heavy (non-hydrogen) atoms. The van der Waals surface area contributed by atoms with Gasteiger partial charge in [0.2, 0.25) is 10.0 Å². The van der Waals surface area contributed by atoms with Crippen molar-refractivity contribution in [2.24, 2.45) is 16.2 Å². The molecule has 252 valence electrons. The molecular formula is C38H39N5O5S. The third kappa shape index (κ3) is 6.67. The van der Waals surface area contributed by atoms with Gasteiger partial charge in [-0.3, -0.25) is 14.9 Å². The van der Waals surface area contributed by atoms with Crippen LogP contribution in [0.1, 0.15) is 45.2 Å². The number of nitrogens with two attached hydrogens (primary N) is 1. The van der Waals surface area contributed by atoms with E-state index in [0.29, 0.717) is 28.5 Å². The summed E-state index contributed by atoms with van der Waals surface area (Å²) in [6.45, 7) is 15.6. The highest BCUT2D eigenvalue weighted by atomic mass is 32.2. The zero-order valence-electron chi connectivity index (χ0n) is 28.0. The molecule has 0 saturated heterocycles. The van der Waals surface area contributed by atoms with E-state index in [2.05, 4.69) is 81.2 Å². The lowest BCUT2D eigenvalue weighted by atomic mass is 9.81. The second kappa shape index (κ2) is 13.6. The Morgan fingerprint density at radius 3 is 2.22 bits per heavy atom. The molecular weight excluding hydrogens is 639 g/mol. The van der Waals surface area contributed by atoms with Crippen molar-refractivity contribution in [1.82, 2.24) is 0 Å². The fraction of sp³-hybridized carbons (Fsp3) is 0.211. The SMILES string of the molecule is C=C.CC(C)CCN1/C(=C/C=C2\C(=O)N(c3ccc(S(N)(=O)=O)cc3)N=C2c2ccc([N+](=O)[O-])cc2)C(C)(C)c2c1ccc1ccccc21. The topological polar surface area (TPSA) is 139 Å². The number of rotatable bonds is 8. The number of nitro groups is 1. The molecule has 4 aromatic rings. The number of hydrazone groups is 1. The summed E-state index contributed by atoms with van der Waals surface area (Å²) in [6.07, 6.45) is 4.72. The molecule has 0 bridgehead atoms. The zero-order valence-corrected chi connectivity index (χ0v) is 28.8. The number of primary sulfonamides is 1. The van der Waals surface area contributed by atoms with E-state index in [-0.39, 0.29) is 10.6 Å². The van der Waals surface area contributed by atoms with Gasteiger partial charge in [-0.2, -0.15) is 10.1 Å². The van der Waals surface area contributed by atoms with Gasteiger partial charge in [-0.1, -0.05) is 58.0 Å². The van der Waals surface area contributed by atoms with Crippen LogP contribution in [0.3, 0.4) is 0 Å². The number of benzene rings is 4. The smallest absolute Gasteiger partial charge is 0.281 e. The molecule has 0 saturated carbocycles. The first-order valence-corrected chi connectivity index (χ1v) is 17.4. The predicted molar refractivity (Wildman–Crippen MR) is 196 cm³/mol. The standard InChI is InChI=1S/C36H35N5O5S.C2H4/c1-23(2)21-22-39-31-19-11-24-7-5-6-8-29(24)33(31)36(3,4)32(39)20-18-30-34(25-9-12-27(13-10-25)41(43)44)38-40(35(30)42)26-14-16-28(17-15-26)47(37,45)46;1-2/h5-20,23H,21-22H2,1-4H3,(H2,37,45,46);1-2H2/b30-18-,32-20+;. The molecule has 4 aromatic carbocycles. The maximum atomic E-state index is 14.1. The number of nitro benzene ring substituents is 1. The highest BCUT2D eigenvalue weighted by molar-refractivity contribution is 7.89. The minimum Gasteiger partial charge on any atom is -0.344 e. The van der Waals surface area contributed by atoms with E-state index in [4.69, 9.17) is 5.14 Å². The Labute approximate surface area is 286 Å². The number of allylic oxidation sites excluding steroid dienone is 3. The predicted octanol–water partition coefficient (Wildman–Crippen LogP) is 7.60. The summed E-state index contributed by atoms with van der Waals surface area (Å²) in [5.41, 5.74) is 4.40. The van der Waals surface area contributed by atoms with Gasteiger partial charge in [-0.25, -0.2) is 13.6 Å². The van der Waals surface area contributed by atoms with Gasteiger partial charge in [-0.05, 0) is 83.3 Å². The van der Waals surface area contributed by atoms with Crippen molar-refractivity contribution in [3.05, 3.63) is 143 Å². The number of carbonyl (C=O) groups is 1. The highest BCUT2D eigenvalue weighted by Crippen LogP contribution is 2.51. The van der Waals surface area contributed by atoms with Gasteiger partial charge < -0.3 is 4.90 Å². The van der Waals surface area contributed by atoms with Crippen molar-refractivity contribution in [3.8, 4) is 0 Å². The Morgan fingerprint density at radius 1 is 0.959 bits per heavy atom. The molecule has 10 nitrogen and oxygen atoms in total. The number of sulfonamides is 1. The number of amides is 1. The van der Waals surface area contributed by atoms with Crippen LogP contribution in [0.4, 0.5) is 17.1 Å². The third-order valence-electron chi connectivity index (χ3n) is 8.73. The Morgan fingerprint density at radius 2 is 1.61 bits per heavy atom. The van der Waals surface area contributed by atoms with E-state index in [0.717, 1.165) is 29.7 Å². The van der Waals surface area contributed by atoms with E-state index in [9.17, 15) is 23.3 Å².